The number of pyridine rings is 1. The first kappa shape index (κ1) is 17.4. The van der Waals surface area contributed by atoms with Crippen molar-refractivity contribution in [3.63, 3.8) is 0 Å². The molecule has 0 saturated heterocycles. The molecule has 6 nitrogen and oxygen atoms in total. The molecule has 0 fully saturated rings. The summed E-state index contributed by atoms with van der Waals surface area (Å²) in [7, 11) is 0. The normalized spacial score (nSPS) is 10.6. The van der Waals surface area contributed by atoms with Crippen LogP contribution in [0.2, 0.25) is 0 Å². The van der Waals surface area contributed by atoms with Crippen LogP contribution in [0.15, 0.2) is 12.3 Å². The van der Waals surface area contributed by atoms with E-state index < -0.39 is 0 Å². The van der Waals surface area contributed by atoms with Crippen LogP contribution in [-0.2, 0) is 9.47 Å². The number of aromatic nitrogens is 1. The number of nitrogens with zero attached hydrogens (tertiary/aromatic N) is 2. The van der Waals surface area contributed by atoms with Crippen molar-refractivity contribution < 1.29 is 9.47 Å². The SMILES string of the molecule is CCOCCN(CCOCC)c1nccc(C)c1C(=N)N. The highest BCUT2D eigenvalue weighted by Gasteiger charge is 2.16. The fourth-order valence-corrected chi connectivity index (χ4v) is 2.08. The Hall–Kier alpha value is -1.66. The van der Waals surface area contributed by atoms with E-state index >= 15 is 0 Å². The predicted molar refractivity (Wildman–Crippen MR) is 85.2 cm³/mol. The zero-order valence-electron chi connectivity index (χ0n) is 13.2. The molecule has 3 N–H and O–H groups in total. The van der Waals surface area contributed by atoms with Crippen LogP contribution >= 0.6 is 0 Å². The van der Waals surface area contributed by atoms with Gasteiger partial charge in [-0.15, -0.1) is 0 Å². The Morgan fingerprint density at radius 1 is 1.24 bits per heavy atom. The van der Waals surface area contributed by atoms with Gasteiger partial charge in [0.25, 0.3) is 0 Å². The molecule has 1 aromatic rings. The second-order valence-electron chi connectivity index (χ2n) is 4.62. The number of nitrogens with one attached hydrogen (secondary N) is 1. The third kappa shape index (κ3) is 5.32. The summed E-state index contributed by atoms with van der Waals surface area (Å²) in [6.45, 7) is 9.83. The smallest absolute Gasteiger partial charge is 0.139 e. The van der Waals surface area contributed by atoms with Gasteiger partial charge in [0, 0.05) is 32.5 Å². The highest BCUT2D eigenvalue weighted by molar-refractivity contribution is 6.01. The average Bonchev–Trinajstić information content (AvgIpc) is 2.45. The van der Waals surface area contributed by atoms with E-state index in [1.807, 2.05) is 26.8 Å². The predicted octanol–water partition coefficient (Wildman–Crippen LogP) is 1.55. The number of hydrogen-bond acceptors (Lipinski definition) is 5. The maximum Gasteiger partial charge on any atom is 0.139 e. The third-order valence-electron chi connectivity index (χ3n) is 3.13. The minimum Gasteiger partial charge on any atom is -0.384 e. The lowest BCUT2D eigenvalue weighted by Gasteiger charge is -2.26. The number of anilines is 1. The number of nitrogens with two attached hydrogens (primary N) is 1. The van der Waals surface area contributed by atoms with Crippen molar-refractivity contribution in [2.45, 2.75) is 20.8 Å². The highest BCUT2D eigenvalue weighted by Crippen LogP contribution is 2.20. The quantitative estimate of drug-likeness (QED) is 0.388. The minimum atomic E-state index is 0.0356. The van der Waals surface area contributed by atoms with Crippen LogP contribution in [0.5, 0.6) is 0 Å². The molecule has 1 heterocycles. The van der Waals surface area contributed by atoms with E-state index in [-0.39, 0.29) is 5.84 Å². The third-order valence-corrected chi connectivity index (χ3v) is 3.13. The first-order valence-corrected chi connectivity index (χ1v) is 7.32. The van der Waals surface area contributed by atoms with Crippen LogP contribution in [-0.4, -0.2) is 50.3 Å². The lowest BCUT2D eigenvalue weighted by Crippen LogP contribution is -2.34. The van der Waals surface area contributed by atoms with Gasteiger partial charge in [-0.2, -0.15) is 0 Å². The zero-order valence-corrected chi connectivity index (χ0v) is 13.2. The molecule has 1 rings (SSSR count). The van der Waals surface area contributed by atoms with E-state index in [9.17, 15) is 0 Å². The molecule has 0 aliphatic heterocycles. The van der Waals surface area contributed by atoms with Crippen molar-refractivity contribution in [3.05, 3.63) is 23.4 Å². The second-order valence-corrected chi connectivity index (χ2v) is 4.62. The summed E-state index contributed by atoms with van der Waals surface area (Å²) >= 11 is 0. The molecular weight excluding hydrogens is 268 g/mol. The number of rotatable bonds is 10. The van der Waals surface area contributed by atoms with Gasteiger partial charge in [0.2, 0.25) is 0 Å². The van der Waals surface area contributed by atoms with Crippen molar-refractivity contribution in [3.8, 4) is 0 Å². The Labute approximate surface area is 126 Å². The van der Waals surface area contributed by atoms with Gasteiger partial charge in [-0.1, -0.05) is 0 Å². The fraction of sp³-hybridized carbons (Fsp3) is 0.600. The van der Waals surface area contributed by atoms with Crippen molar-refractivity contribution in [1.29, 1.82) is 5.41 Å². The largest absolute Gasteiger partial charge is 0.384 e. The van der Waals surface area contributed by atoms with E-state index in [1.165, 1.54) is 0 Å². The number of nitrogen functional groups attached to an aromatic ring is 1. The van der Waals surface area contributed by atoms with Crippen LogP contribution in [0, 0.1) is 12.3 Å². The molecular formula is C15H26N4O2. The minimum absolute atomic E-state index is 0.0356. The summed E-state index contributed by atoms with van der Waals surface area (Å²) in [4.78, 5) is 6.48. The number of hydrogen-bond donors (Lipinski definition) is 2. The standard InChI is InChI=1S/C15H26N4O2/c1-4-20-10-8-19(9-11-21-5-2)15-13(14(16)17)12(3)6-7-18-15/h6-7H,4-5,8-11H2,1-3H3,(H3,16,17). The second kappa shape index (κ2) is 9.31. The van der Waals surface area contributed by atoms with Crippen molar-refractivity contribution >= 4 is 11.7 Å². The van der Waals surface area contributed by atoms with Crippen LogP contribution in [0.25, 0.3) is 0 Å². The van der Waals surface area contributed by atoms with Gasteiger partial charge in [0.05, 0.1) is 18.8 Å². The molecule has 1 aromatic heterocycles. The zero-order chi connectivity index (χ0) is 15.7. The van der Waals surface area contributed by atoms with E-state index in [4.69, 9.17) is 20.6 Å². The lowest BCUT2D eigenvalue weighted by molar-refractivity contribution is 0.141. The van der Waals surface area contributed by atoms with E-state index in [0.29, 0.717) is 45.1 Å². The summed E-state index contributed by atoms with van der Waals surface area (Å²) in [5.74, 6) is 0.760. The monoisotopic (exact) mass is 294 g/mol. The van der Waals surface area contributed by atoms with Crippen LogP contribution in [0.3, 0.4) is 0 Å². The van der Waals surface area contributed by atoms with Crippen molar-refractivity contribution in [1.82, 2.24) is 4.98 Å². The lowest BCUT2D eigenvalue weighted by atomic mass is 10.1. The Balaban J connectivity index is 2.95. The van der Waals surface area contributed by atoms with Gasteiger partial charge in [-0.25, -0.2) is 4.98 Å². The molecule has 0 saturated carbocycles. The summed E-state index contributed by atoms with van der Waals surface area (Å²) in [6.07, 6.45) is 1.74. The van der Waals surface area contributed by atoms with Gasteiger partial charge in [0.15, 0.2) is 0 Å². The molecule has 0 bridgehead atoms. The summed E-state index contributed by atoms with van der Waals surface area (Å²) in [5.41, 5.74) is 7.35. The molecule has 0 unspecified atom stereocenters. The Kier molecular flexibility index (Phi) is 7.71. The molecule has 0 atom stereocenters. The molecule has 0 radical (unpaired) electrons. The fourth-order valence-electron chi connectivity index (χ4n) is 2.08. The van der Waals surface area contributed by atoms with Crippen LogP contribution in [0.4, 0.5) is 5.82 Å². The Morgan fingerprint density at radius 2 is 1.81 bits per heavy atom. The van der Waals surface area contributed by atoms with Gasteiger partial charge >= 0.3 is 0 Å². The maximum atomic E-state index is 7.79. The number of aryl methyl sites for hydroxylation is 1. The number of ether oxygens (including phenoxy) is 2. The van der Waals surface area contributed by atoms with Crippen molar-refractivity contribution in [2.75, 3.05) is 44.4 Å². The summed E-state index contributed by atoms with van der Waals surface area (Å²) in [5, 5.41) is 7.79. The first-order chi connectivity index (χ1) is 10.1. The van der Waals surface area contributed by atoms with E-state index in [1.54, 1.807) is 6.20 Å². The molecule has 0 aliphatic rings. The van der Waals surface area contributed by atoms with E-state index in [0.717, 1.165) is 11.4 Å². The molecule has 6 heteroatoms. The van der Waals surface area contributed by atoms with Crippen LogP contribution < -0.4 is 10.6 Å². The molecule has 21 heavy (non-hydrogen) atoms. The van der Waals surface area contributed by atoms with Gasteiger partial charge in [0.1, 0.15) is 11.7 Å². The number of amidine groups is 1. The van der Waals surface area contributed by atoms with Crippen LogP contribution in [0.1, 0.15) is 25.0 Å². The van der Waals surface area contributed by atoms with Gasteiger partial charge < -0.3 is 20.1 Å². The molecule has 0 spiro atoms. The molecule has 0 aromatic carbocycles. The van der Waals surface area contributed by atoms with Crippen molar-refractivity contribution in [2.24, 2.45) is 5.73 Å². The topological polar surface area (TPSA) is 84.5 Å². The maximum absolute atomic E-state index is 7.79. The van der Waals surface area contributed by atoms with Gasteiger partial charge in [-0.05, 0) is 32.4 Å². The van der Waals surface area contributed by atoms with E-state index in [2.05, 4.69) is 9.88 Å². The summed E-state index contributed by atoms with van der Waals surface area (Å²) < 4.78 is 10.9. The Bertz CT molecular complexity index is 441. The summed E-state index contributed by atoms with van der Waals surface area (Å²) in [6, 6.07) is 1.86. The molecule has 118 valence electrons. The first-order valence-electron chi connectivity index (χ1n) is 7.32. The highest BCUT2D eigenvalue weighted by atomic mass is 16.5. The van der Waals surface area contributed by atoms with Gasteiger partial charge in [-0.3, -0.25) is 5.41 Å². The molecule has 0 amide bonds. The Morgan fingerprint density at radius 3 is 2.29 bits per heavy atom. The molecule has 0 aliphatic carbocycles. The average molecular weight is 294 g/mol.